The van der Waals surface area contributed by atoms with Gasteiger partial charge in [-0.3, -0.25) is 4.18 Å². The van der Waals surface area contributed by atoms with Crippen LogP contribution in [0.4, 0.5) is 0 Å². The van der Waals surface area contributed by atoms with Gasteiger partial charge in [-0.15, -0.1) is 0 Å². The molecule has 2 aromatic rings. The van der Waals surface area contributed by atoms with Gasteiger partial charge in [-0.2, -0.15) is 8.42 Å². The first-order valence-corrected chi connectivity index (χ1v) is 7.46. The quantitative estimate of drug-likeness (QED) is 0.763. The van der Waals surface area contributed by atoms with E-state index in [0.717, 1.165) is 11.3 Å². The summed E-state index contributed by atoms with van der Waals surface area (Å²) in [5, 5.41) is -0.0743. The average Bonchev–Trinajstić information content (AvgIpc) is 2.49. The van der Waals surface area contributed by atoms with E-state index in [0.29, 0.717) is 6.42 Å². The summed E-state index contributed by atoms with van der Waals surface area (Å²) in [7, 11) is -2.18. The van der Waals surface area contributed by atoms with Gasteiger partial charge in [-0.05, 0) is 36.2 Å². The molecule has 0 bridgehead atoms. The number of rotatable bonds is 6. The molecule has 1 aromatic heterocycles. The van der Waals surface area contributed by atoms with Crippen LogP contribution in [0.3, 0.4) is 0 Å². The van der Waals surface area contributed by atoms with Crippen LogP contribution in [0, 0.1) is 0 Å². The van der Waals surface area contributed by atoms with E-state index in [1.54, 1.807) is 19.2 Å². The lowest BCUT2D eigenvalue weighted by Gasteiger charge is -2.05. The summed E-state index contributed by atoms with van der Waals surface area (Å²) < 4.78 is 33.6. The summed E-state index contributed by atoms with van der Waals surface area (Å²) in [6.45, 7) is 0.0746. The zero-order chi connectivity index (χ0) is 14.4. The highest BCUT2D eigenvalue weighted by Gasteiger charge is 2.15. The first kappa shape index (κ1) is 14.5. The second kappa shape index (κ2) is 6.49. The summed E-state index contributed by atoms with van der Waals surface area (Å²) >= 11 is 0. The standard InChI is InChI=1S/C14H15NO4S/c1-18-13-7-5-12(6-8-13)9-11-19-20(16,17)14-4-2-3-10-15-14/h2-8,10H,9,11H2,1H3. The van der Waals surface area contributed by atoms with Gasteiger partial charge >= 0.3 is 10.1 Å². The topological polar surface area (TPSA) is 65.5 Å². The molecule has 0 saturated heterocycles. The van der Waals surface area contributed by atoms with Crippen LogP contribution >= 0.6 is 0 Å². The van der Waals surface area contributed by atoms with Gasteiger partial charge in [0.15, 0.2) is 5.03 Å². The summed E-state index contributed by atoms with van der Waals surface area (Å²) in [6, 6.07) is 12.0. The van der Waals surface area contributed by atoms with Crippen LogP contribution in [0.25, 0.3) is 0 Å². The van der Waals surface area contributed by atoms with Gasteiger partial charge < -0.3 is 4.74 Å². The molecule has 0 aliphatic rings. The van der Waals surface area contributed by atoms with E-state index < -0.39 is 10.1 Å². The fourth-order valence-corrected chi connectivity index (χ4v) is 2.48. The largest absolute Gasteiger partial charge is 0.497 e. The Hall–Kier alpha value is -1.92. The number of aromatic nitrogens is 1. The lowest BCUT2D eigenvalue weighted by atomic mass is 10.1. The monoisotopic (exact) mass is 293 g/mol. The van der Waals surface area contributed by atoms with Crippen LogP contribution in [0.2, 0.25) is 0 Å². The Morgan fingerprint density at radius 3 is 2.45 bits per heavy atom. The summed E-state index contributed by atoms with van der Waals surface area (Å²) in [4.78, 5) is 3.77. The van der Waals surface area contributed by atoms with E-state index in [1.165, 1.54) is 12.3 Å². The molecule has 0 N–H and O–H groups in total. The number of pyridine rings is 1. The molecule has 1 heterocycles. The van der Waals surface area contributed by atoms with Gasteiger partial charge in [0.2, 0.25) is 0 Å². The highest BCUT2D eigenvalue weighted by Crippen LogP contribution is 2.13. The Bertz CT molecular complexity index is 639. The van der Waals surface area contributed by atoms with Crippen LogP contribution in [-0.4, -0.2) is 27.1 Å². The van der Waals surface area contributed by atoms with E-state index in [9.17, 15) is 8.42 Å². The highest BCUT2D eigenvalue weighted by atomic mass is 32.2. The molecule has 2 rings (SSSR count). The van der Waals surface area contributed by atoms with Gasteiger partial charge in [-0.25, -0.2) is 4.98 Å². The molecular weight excluding hydrogens is 278 g/mol. The molecule has 106 valence electrons. The normalized spacial score (nSPS) is 11.2. The highest BCUT2D eigenvalue weighted by molar-refractivity contribution is 7.86. The molecule has 0 unspecified atom stereocenters. The van der Waals surface area contributed by atoms with Crippen molar-refractivity contribution < 1.29 is 17.3 Å². The van der Waals surface area contributed by atoms with Crippen LogP contribution in [-0.2, 0) is 20.7 Å². The third-order valence-electron chi connectivity index (χ3n) is 2.68. The summed E-state index contributed by atoms with van der Waals surface area (Å²) in [5.41, 5.74) is 0.974. The molecule has 0 saturated carbocycles. The van der Waals surface area contributed by atoms with E-state index in [-0.39, 0.29) is 11.6 Å². The SMILES string of the molecule is COc1ccc(CCOS(=O)(=O)c2ccccn2)cc1. The Morgan fingerprint density at radius 2 is 1.85 bits per heavy atom. The van der Waals surface area contributed by atoms with Gasteiger partial charge in [0, 0.05) is 6.20 Å². The fourth-order valence-electron chi connectivity index (χ4n) is 1.62. The number of hydrogen-bond donors (Lipinski definition) is 0. The van der Waals surface area contributed by atoms with E-state index in [1.807, 2.05) is 24.3 Å². The zero-order valence-electron chi connectivity index (χ0n) is 11.0. The van der Waals surface area contributed by atoms with Gasteiger partial charge in [0.1, 0.15) is 5.75 Å². The van der Waals surface area contributed by atoms with Gasteiger partial charge in [-0.1, -0.05) is 18.2 Å². The smallest absolute Gasteiger partial charge is 0.314 e. The molecule has 0 amide bonds. The number of hydrogen-bond acceptors (Lipinski definition) is 5. The molecule has 6 heteroatoms. The van der Waals surface area contributed by atoms with Crippen molar-refractivity contribution in [2.24, 2.45) is 0 Å². The molecule has 1 aromatic carbocycles. The maximum atomic E-state index is 11.8. The maximum Gasteiger partial charge on any atom is 0.314 e. The average molecular weight is 293 g/mol. The van der Waals surface area contributed by atoms with Crippen LogP contribution in [0.5, 0.6) is 5.75 Å². The second-order valence-electron chi connectivity index (χ2n) is 4.04. The Kier molecular flexibility index (Phi) is 4.70. The minimum atomic E-state index is -3.78. The predicted octanol–water partition coefficient (Wildman–Crippen LogP) is 2.04. The van der Waals surface area contributed by atoms with Crippen molar-refractivity contribution in [3.63, 3.8) is 0 Å². The Morgan fingerprint density at radius 1 is 1.10 bits per heavy atom. The van der Waals surface area contributed by atoms with Crippen molar-refractivity contribution in [1.82, 2.24) is 4.98 Å². The molecular formula is C14H15NO4S. The van der Waals surface area contributed by atoms with E-state index in [4.69, 9.17) is 8.92 Å². The van der Waals surface area contributed by atoms with E-state index in [2.05, 4.69) is 4.98 Å². The Balaban J connectivity index is 1.92. The molecule has 0 aliphatic carbocycles. The predicted molar refractivity (Wildman–Crippen MR) is 74.1 cm³/mol. The number of benzene rings is 1. The Labute approximate surface area is 118 Å². The lowest BCUT2D eigenvalue weighted by Crippen LogP contribution is -2.10. The van der Waals surface area contributed by atoms with Gasteiger partial charge in [0.05, 0.1) is 13.7 Å². The molecule has 0 fully saturated rings. The molecule has 5 nitrogen and oxygen atoms in total. The third-order valence-corrected chi connectivity index (χ3v) is 3.91. The summed E-state index contributed by atoms with van der Waals surface area (Å²) in [5.74, 6) is 0.760. The zero-order valence-corrected chi connectivity index (χ0v) is 11.8. The summed E-state index contributed by atoms with van der Waals surface area (Å²) in [6.07, 6.45) is 1.91. The molecule has 0 spiro atoms. The van der Waals surface area contributed by atoms with E-state index >= 15 is 0 Å². The van der Waals surface area contributed by atoms with Crippen molar-refractivity contribution in [2.45, 2.75) is 11.4 Å². The minimum Gasteiger partial charge on any atom is -0.497 e. The first-order chi connectivity index (χ1) is 9.62. The minimum absolute atomic E-state index is 0.0743. The molecule has 20 heavy (non-hydrogen) atoms. The molecule has 0 radical (unpaired) electrons. The van der Waals surface area contributed by atoms with Crippen molar-refractivity contribution in [2.75, 3.05) is 13.7 Å². The van der Waals surface area contributed by atoms with Crippen LogP contribution in [0.1, 0.15) is 5.56 Å². The van der Waals surface area contributed by atoms with Crippen molar-refractivity contribution >= 4 is 10.1 Å². The van der Waals surface area contributed by atoms with Crippen molar-refractivity contribution in [1.29, 1.82) is 0 Å². The van der Waals surface area contributed by atoms with Crippen molar-refractivity contribution in [3.8, 4) is 5.75 Å². The maximum absolute atomic E-state index is 11.8. The number of ether oxygens (including phenoxy) is 1. The molecule has 0 aliphatic heterocycles. The van der Waals surface area contributed by atoms with Crippen LogP contribution in [0.15, 0.2) is 53.7 Å². The number of methoxy groups -OCH3 is 1. The van der Waals surface area contributed by atoms with Crippen molar-refractivity contribution in [3.05, 3.63) is 54.2 Å². The lowest BCUT2D eigenvalue weighted by molar-refractivity contribution is 0.320. The first-order valence-electron chi connectivity index (χ1n) is 6.05. The molecule has 0 atom stereocenters. The van der Waals surface area contributed by atoms with Crippen LogP contribution < -0.4 is 4.74 Å². The number of nitrogens with zero attached hydrogens (tertiary/aromatic N) is 1. The fraction of sp³-hybridized carbons (Fsp3) is 0.214. The third kappa shape index (κ3) is 3.79. The second-order valence-corrected chi connectivity index (χ2v) is 5.60. The van der Waals surface area contributed by atoms with Gasteiger partial charge in [0.25, 0.3) is 0 Å².